The van der Waals surface area contributed by atoms with E-state index in [4.69, 9.17) is 4.84 Å². The SMILES string of the molecule is O=CN(C[C@H](NS(=O)(=O)c1ccc(-c2ccccc2)cc1)C(=O)O)C1=NOC2(CCC(CNc3ccccn3)CC2)C1. The first-order valence-corrected chi connectivity index (χ1v) is 15.3. The maximum atomic E-state index is 13.1. The summed E-state index contributed by atoms with van der Waals surface area (Å²) in [6.07, 6.45) is 5.79. The van der Waals surface area contributed by atoms with Crippen LogP contribution in [-0.2, 0) is 24.4 Å². The third-order valence-corrected chi connectivity index (χ3v) is 9.27. The number of hydrogen-bond donors (Lipinski definition) is 3. The van der Waals surface area contributed by atoms with Crippen LogP contribution in [0.5, 0.6) is 0 Å². The van der Waals surface area contributed by atoms with Crippen molar-refractivity contribution < 1.29 is 28.0 Å². The molecule has 1 aromatic heterocycles. The van der Waals surface area contributed by atoms with Crippen LogP contribution in [0.25, 0.3) is 11.1 Å². The summed E-state index contributed by atoms with van der Waals surface area (Å²) in [5.41, 5.74) is 1.19. The van der Waals surface area contributed by atoms with Crippen molar-refractivity contribution in [3.8, 4) is 11.1 Å². The molecular formula is C30H33N5O6S. The summed E-state index contributed by atoms with van der Waals surface area (Å²) in [6.45, 7) is 0.353. The fraction of sp³-hybridized carbons (Fsp3) is 0.333. The molecule has 12 heteroatoms. The third kappa shape index (κ3) is 6.94. The van der Waals surface area contributed by atoms with Crippen LogP contribution in [0.4, 0.5) is 5.82 Å². The van der Waals surface area contributed by atoms with Gasteiger partial charge in [0, 0.05) is 12.7 Å². The number of nitrogens with zero attached hydrogens (tertiary/aromatic N) is 3. The predicted octanol–water partition coefficient (Wildman–Crippen LogP) is 3.71. The summed E-state index contributed by atoms with van der Waals surface area (Å²) >= 11 is 0. The molecule has 2 aromatic carbocycles. The minimum Gasteiger partial charge on any atom is -0.480 e. The number of pyridine rings is 1. The van der Waals surface area contributed by atoms with Crippen LogP contribution in [-0.4, -0.2) is 66.4 Å². The average Bonchev–Trinajstić information content (AvgIpc) is 3.43. The summed E-state index contributed by atoms with van der Waals surface area (Å²) in [5, 5.41) is 17.3. The zero-order valence-electron chi connectivity index (χ0n) is 22.9. The van der Waals surface area contributed by atoms with Gasteiger partial charge in [0.1, 0.15) is 17.5 Å². The number of carboxylic acid groups (broad SMARTS) is 1. The van der Waals surface area contributed by atoms with E-state index in [1.807, 2.05) is 48.5 Å². The van der Waals surface area contributed by atoms with Gasteiger partial charge in [0.15, 0.2) is 5.84 Å². The number of nitrogens with one attached hydrogen (secondary N) is 2. The second-order valence-electron chi connectivity index (χ2n) is 10.7. The lowest BCUT2D eigenvalue weighted by atomic mass is 9.77. The largest absolute Gasteiger partial charge is 0.480 e. The Morgan fingerprint density at radius 3 is 2.38 bits per heavy atom. The molecule has 1 aliphatic heterocycles. The second kappa shape index (κ2) is 12.7. The average molecular weight is 592 g/mol. The molecular weight excluding hydrogens is 558 g/mol. The van der Waals surface area contributed by atoms with Crippen molar-refractivity contribution in [2.45, 2.75) is 48.6 Å². The summed E-state index contributed by atoms with van der Waals surface area (Å²) < 4.78 is 28.3. The van der Waals surface area contributed by atoms with Crippen molar-refractivity contribution >= 4 is 34.1 Å². The van der Waals surface area contributed by atoms with E-state index in [0.29, 0.717) is 18.7 Å². The van der Waals surface area contributed by atoms with Crippen molar-refractivity contribution in [2.75, 3.05) is 18.4 Å². The molecule has 220 valence electrons. The minimum atomic E-state index is -4.19. The highest BCUT2D eigenvalue weighted by Gasteiger charge is 2.44. The van der Waals surface area contributed by atoms with Crippen LogP contribution >= 0.6 is 0 Å². The van der Waals surface area contributed by atoms with Crippen LogP contribution < -0.4 is 10.0 Å². The number of anilines is 1. The van der Waals surface area contributed by atoms with Gasteiger partial charge in [-0.05, 0) is 67.0 Å². The van der Waals surface area contributed by atoms with Gasteiger partial charge in [-0.25, -0.2) is 13.4 Å². The number of sulfonamides is 1. The highest BCUT2D eigenvalue weighted by atomic mass is 32.2. The summed E-state index contributed by atoms with van der Waals surface area (Å²) in [7, 11) is -4.19. The molecule has 11 nitrogen and oxygen atoms in total. The lowest BCUT2D eigenvalue weighted by molar-refractivity contribution is -0.139. The molecule has 0 unspecified atom stereocenters. The fourth-order valence-electron chi connectivity index (χ4n) is 5.33. The van der Waals surface area contributed by atoms with Crippen molar-refractivity contribution in [1.82, 2.24) is 14.6 Å². The van der Waals surface area contributed by atoms with E-state index in [2.05, 4.69) is 20.2 Å². The van der Waals surface area contributed by atoms with Crippen LogP contribution in [0.1, 0.15) is 32.1 Å². The molecule has 1 saturated carbocycles. The van der Waals surface area contributed by atoms with Crippen molar-refractivity contribution in [3.63, 3.8) is 0 Å². The lowest BCUT2D eigenvalue weighted by Crippen LogP contribution is -2.50. The monoisotopic (exact) mass is 591 g/mol. The molecule has 1 amide bonds. The molecule has 1 spiro atoms. The zero-order chi connectivity index (χ0) is 29.6. The summed E-state index contributed by atoms with van der Waals surface area (Å²) in [5.74, 6) is 0.129. The molecule has 5 rings (SSSR count). The smallest absolute Gasteiger partial charge is 0.323 e. The Bertz CT molecular complexity index is 1510. The lowest BCUT2D eigenvalue weighted by Gasteiger charge is -2.35. The van der Waals surface area contributed by atoms with Gasteiger partial charge in [-0.15, -0.1) is 0 Å². The van der Waals surface area contributed by atoms with E-state index < -0.39 is 34.2 Å². The Balaban J connectivity index is 1.17. The molecule has 1 aliphatic carbocycles. The van der Waals surface area contributed by atoms with Gasteiger partial charge in [-0.1, -0.05) is 53.7 Å². The molecule has 0 saturated heterocycles. The predicted molar refractivity (Wildman–Crippen MR) is 157 cm³/mol. The van der Waals surface area contributed by atoms with E-state index in [0.717, 1.165) is 54.1 Å². The molecule has 0 radical (unpaired) electrons. The number of amidine groups is 1. The quantitative estimate of drug-likeness (QED) is 0.286. The van der Waals surface area contributed by atoms with Gasteiger partial charge in [0.2, 0.25) is 16.4 Å². The van der Waals surface area contributed by atoms with E-state index in [1.165, 1.54) is 12.1 Å². The number of carbonyl (C=O) groups excluding carboxylic acids is 1. The molecule has 1 atom stereocenters. The highest BCUT2D eigenvalue weighted by molar-refractivity contribution is 7.89. The molecule has 2 heterocycles. The van der Waals surface area contributed by atoms with Gasteiger partial charge in [-0.2, -0.15) is 4.72 Å². The Morgan fingerprint density at radius 1 is 1.05 bits per heavy atom. The number of hydrogen-bond acceptors (Lipinski definition) is 8. The zero-order valence-corrected chi connectivity index (χ0v) is 23.7. The third-order valence-electron chi connectivity index (χ3n) is 7.78. The van der Waals surface area contributed by atoms with Crippen molar-refractivity contribution in [3.05, 3.63) is 79.0 Å². The normalized spacial score (nSPS) is 20.8. The molecule has 3 N–H and O–H groups in total. The molecule has 3 aromatic rings. The van der Waals surface area contributed by atoms with Crippen LogP contribution in [0.15, 0.2) is 89.0 Å². The van der Waals surface area contributed by atoms with E-state index in [9.17, 15) is 23.1 Å². The Labute approximate surface area is 244 Å². The van der Waals surface area contributed by atoms with E-state index in [-0.39, 0.29) is 10.7 Å². The van der Waals surface area contributed by atoms with E-state index >= 15 is 0 Å². The summed E-state index contributed by atoms with van der Waals surface area (Å²) in [4.78, 5) is 35.2. The Morgan fingerprint density at radius 2 is 1.74 bits per heavy atom. The molecule has 1 fully saturated rings. The standard InChI is InChI=1S/C30H33N5O6S/c36-21-35(28-18-30(41-33-28)15-13-22(14-16-30)19-32-27-8-4-5-17-31-27)20-26(29(37)38)34-42(39,40)25-11-9-24(10-12-25)23-6-2-1-3-7-23/h1-12,17,21-22,26,34H,13-16,18-20H2,(H,31,32)(H,37,38)/t22?,26-,30?/m0/s1. The Kier molecular flexibility index (Phi) is 8.83. The molecule has 42 heavy (non-hydrogen) atoms. The van der Waals surface area contributed by atoms with Crippen molar-refractivity contribution in [1.29, 1.82) is 0 Å². The number of oxime groups is 1. The van der Waals surface area contributed by atoms with Crippen LogP contribution in [0.2, 0.25) is 0 Å². The maximum absolute atomic E-state index is 13.1. The topological polar surface area (TPSA) is 150 Å². The number of carbonyl (C=O) groups is 2. The number of aromatic nitrogens is 1. The minimum absolute atomic E-state index is 0.0825. The van der Waals surface area contributed by atoms with Gasteiger partial charge < -0.3 is 15.3 Å². The van der Waals surface area contributed by atoms with E-state index in [1.54, 1.807) is 18.3 Å². The summed E-state index contributed by atoms with van der Waals surface area (Å²) in [6, 6.07) is 19.7. The molecule has 0 bridgehead atoms. The fourth-order valence-corrected chi connectivity index (χ4v) is 6.51. The number of aliphatic carboxylic acids is 1. The number of rotatable bonds is 11. The maximum Gasteiger partial charge on any atom is 0.323 e. The Hall–Kier alpha value is -4.29. The van der Waals surface area contributed by atoms with Gasteiger partial charge in [0.25, 0.3) is 0 Å². The van der Waals surface area contributed by atoms with Gasteiger partial charge >= 0.3 is 5.97 Å². The number of benzene rings is 2. The first kappa shape index (κ1) is 29.2. The second-order valence-corrected chi connectivity index (χ2v) is 12.4. The first-order chi connectivity index (χ1) is 20.3. The number of carboxylic acids is 1. The first-order valence-electron chi connectivity index (χ1n) is 13.8. The van der Waals surface area contributed by atoms with Crippen molar-refractivity contribution in [2.24, 2.45) is 11.1 Å². The van der Waals surface area contributed by atoms with Crippen LogP contribution in [0.3, 0.4) is 0 Å². The van der Waals surface area contributed by atoms with Gasteiger partial charge in [0.05, 0.1) is 17.9 Å². The van der Waals surface area contributed by atoms with Crippen LogP contribution in [0, 0.1) is 5.92 Å². The number of amides is 1. The molecule has 2 aliphatic rings. The van der Waals surface area contributed by atoms with Gasteiger partial charge in [-0.3, -0.25) is 14.5 Å². The highest BCUT2D eigenvalue weighted by Crippen LogP contribution is 2.41.